The number of nitriles is 1. The van der Waals surface area contributed by atoms with Gasteiger partial charge in [-0.2, -0.15) is 5.26 Å². The van der Waals surface area contributed by atoms with Crippen LogP contribution >= 0.6 is 0 Å². The lowest BCUT2D eigenvalue weighted by Gasteiger charge is -2.36. The lowest BCUT2D eigenvalue weighted by molar-refractivity contribution is 0.00298. The molecule has 0 aliphatic heterocycles. The van der Waals surface area contributed by atoms with E-state index in [0.29, 0.717) is 17.7 Å². The van der Waals surface area contributed by atoms with Crippen LogP contribution in [0.25, 0.3) is 0 Å². The van der Waals surface area contributed by atoms with E-state index in [9.17, 15) is 0 Å². The molecule has 0 amide bonds. The minimum Gasteiger partial charge on any atom is -0.380 e. The van der Waals surface area contributed by atoms with Crippen molar-refractivity contribution in [1.29, 1.82) is 5.26 Å². The molecule has 0 unspecified atom stereocenters. The van der Waals surface area contributed by atoms with Gasteiger partial charge in [-0.25, -0.2) is 0 Å². The lowest BCUT2D eigenvalue weighted by atomic mass is 9.89. The van der Waals surface area contributed by atoms with Gasteiger partial charge in [0.2, 0.25) is 0 Å². The Hall–Kier alpha value is -1.60. The first-order chi connectivity index (χ1) is 7.83. The molecule has 0 saturated heterocycles. The number of aromatic nitrogens is 1. The first kappa shape index (κ1) is 10.9. The zero-order chi connectivity index (χ0) is 11.4. The number of pyridine rings is 1. The van der Waals surface area contributed by atoms with Crippen molar-refractivity contribution in [3.63, 3.8) is 0 Å². The quantitative estimate of drug-likeness (QED) is 0.837. The molecule has 0 bridgehead atoms. The highest BCUT2D eigenvalue weighted by molar-refractivity contribution is 5.56. The van der Waals surface area contributed by atoms with E-state index in [0.717, 1.165) is 25.1 Å². The van der Waals surface area contributed by atoms with Gasteiger partial charge in [-0.15, -0.1) is 0 Å². The Balaban J connectivity index is 1.89. The number of ether oxygens (including phenoxy) is 1. The number of nitrogens with one attached hydrogen (secondary N) is 1. The number of anilines is 1. The second-order valence-electron chi connectivity index (χ2n) is 3.92. The van der Waals surface area contributed by atoms with Gasteiger partial charge in [0.15, 0.2) is 0 Å². The normalized spacial score (nSPS) is 23.2. The summed E-state index contributed by atoms with van der Waals surface area (Å²) in [5.41, 5.74) is 1.47. The maximum absolute atomic E-state index is 8.92. The molecule has 1 aromatic rings. The predicted molar refractivity (Wildman–Crippen MR) is 61.0 cm³/mol. The fraction of sp³-hybridized carbons (Fsp3) is 0.500. The van der Waals surface area contributed by atoms with Crippen molar-refractivity contribution >= 4 is 5.69 Å². The van der Waals surface area contributed by atoms with Gasteiger partial charge in [0.05, 0.1) is 23.6 Å². The van der Waals surface area contributed by atoms with E-state index >= 15 is 0 Å². The Morgan fingerprint density at radius 2 is 2.44 bits per heavy atom. The highest BCUT2D eigenvalue weighted by Crippen LogP contribution is 2.27. The molecule has 0 spiro atoms. The molecule has 16 heavy (non-hydrogen) atoms. The Labute approximate surface area is 95.3 Å². The largest absolute Gasteiger partial charge is 0.380 e. The minimum absolute atomic E-state index is 0.379. The van der Waals surface area contributed by atoms with Crippen LogP contribution in [0.1, 0.15) is 25.3 Å². The van der Waals surface area contributed by atoms with E-state index < -0.39 is 0 Å². The standard InChI is InChI=1S/C12H15N3O/c1-2-16-11-5-10(6-11)15-12-8-14-4-3-9(12)7-13/h3-4,8,10-11,15H,2,5-6H2,1H3. The van der Waals surface area contributed by atoms with Crippen molar-refractivity contribution in [2.75, 3.05) is 11.9 Å². The van der Waals surface area contributed by atoms with Crippen LogP contribution in [0.5, 0.6) is 0 Å². The molecule has 1 aliphatic carbocycles. The van der Waals surface area contributed by atoms with Crippen molar-refractivity contribution in [2.24, 2.45) is 0 Å². The van der Waals surface area contributed by atoms with Crippen molar-refractivity contribution in [3.8, 4) is 6.07 Å². The first-order valence-electron chi connectivity index (χ1n) is 5.55. The molecule has 1 heterocycles. The van der Waals surface area contributed by atoms with E-state index in [4.69, 9.17) is 10.00 Å². The summed E-state index contributed by atoms with van der Waals surface area (Å²) in [6, 6.07) is 4.29. The molecule has 1 N–H and O–H groups in total. The van der Waals surface area contributed by atoms with Crippen LogP contribution in [-0.4, -0.2) is 23.7 Å². The molecule has 0 atom stereocenters. The van der Waals surface area contributed by atoms with Gasteiger partial charge in [-0.05, 0) is 25.8 Å². The van der Waals surface area contributed by atoms with Crippen LogP contribution in [0.4, 0.5) is 5.69 Å². The molecule has 4 nitrogen and oxygen atoms in total. The molecule has 1 aliphatic rings. The molecule has 0 aromatic carbocycles. The van der Waals surface area contributed by atoms with Gasteiger partial charge in [0.1, 0.15) is 6.07 Å². The lowest BCUT2D eigenvalue weighted by Crippen LogP contribution is -2.41. The van der Waals surface area contributed by atoms with Crippen molar-refractivity contribution in [3.05, 3.63) is 24.0 Å². The number of nitrogens with zero attached hydrogens (tertiary/aromatic N) is 2. The fourth-order valence-electron chi connectivity index (χ4n) is 1.88. The second kappa shape index (κ2) is 4.95. The monoisotopic (exact) mass is 217 g/mol. The average molecular weight is 217 g/mol. The summed E-state index contributed by atoms with van der Waals surface area (Å²) in [5, 5.41) is 12.2. The van der Waals surface area contributed by atoms with Crippen LogP contribution in [0, 0.1) is 11.3 Å². The SMILES string of the molecule is CCOC1CC(Nc2cnccc2C#N)C1. The first-order valence-corrected chi connectivity index (χ1v) is 5.55. The van der Waals surface area contributed by atoms with Crippen LogP contribution in [0.15, 0.2) is 18.5 Å². The van der Waals surface area contributed by atoms with E-state index in [-0.39, 0.29) is 0 Å². The third-order valence-electron chi connectivity index (χ3n) is 2.80. The molecule has 1 fully saturated rings. The zero-order valence-corrected chi connectivity index (χ0v) is 9.31. The Morgan fingerprint density at radius 1 is 1.62 bits per heavy atom. The number of hydrogen-bond acceptors (Lipinski definition) is 4. The summed E-state index contributed by atoms with van der Waals surface area (Å²) in [4.78, 5) is 4.02. The molecule has 1 aromatic heterocycles. The molecule has 0 radical (unpaired) electrons. The van der Waals surface area contributed by atoms with Gasteiger partial charge >= 0.3 is 0 Å². The van der Waals surface area contributed by atoms with Gasteiger partial charge < -0.3 is 10.1 Å². The van der Waals surface area contributed by atoms with Gasteiger partial charge in [0.25, 0.3) is 0 Å². The van der Waals surface area contributed by atoms with Gasteiger partial charge in [-0.1, -0.05) is 0 Å². The Kier molecular flexibility index (Phi) is 3.37. The van der Waals surface area contributed by atoms with Crippen LogP contribution in [0.2, 0.25) is 0 Å². The third-order valence-corrected chi connectivity index (χ3v) is 2.80. The van der Waals surface area contributed by atoms with E-state index in [2.05, 4.69) is 16.4 Å². The smallest absolute Gasteiger partial charge is 0.101 e. The summed E-state index contributed by atoms with van der Waals surface area (Å²) in [7, 11) is 0. The molecule has 2 rings (SSSR count). The van der Waals surface area contributed by atoms with E-state index in [1.54, 1.807) is 18.5 Å². The van der Waals surface area contributed by atoms with Gasteiger partial charge in [0, 0.05) is 18.8 Å². The molecule has 4 heteroatoms. The molecular formula is C12H15N3O. The van der Waals surface area contributed by atoms with Crippen molar-refractivity contribution < 1.29 is 4.74 Å². The summed E-state index contributed by atoms with van der Waals surface area (Å²) in [6.45, 7) is 2.78. The summed E-state index contributed by atoms with van der Waals surface area (Å²) >= 11 is 0. The number of hydrogen-bond donors (Lipinski definition) is 1. The fourth-order valence-corrected chi connectivity index (χ4v) is 1.88. The third kappa shape index (κ3) is 2.31. The van der Waals surface area contributed by atoms with E-state index in [1.165, 1.54) is 0 Å². The molecular weight excluding hydrogens is 202 g/mol. The highest BCUT2D eigenvalue weighted by atomic mass is 16.5. The van der Waals surface area contributed by atoms with Crippen molar-refractivity contribution in [2.45, 2.75) is 31.9 Å². The summed E-state index contributed by atoms with van der Waals surface area (Å²) in [6.07, 6.45) is 5.73. The van der Waals surface area contributed by atoms with Crippen LogP contribution in [-0.2, 0) is 4.74 Å². The number of rotatable bonds is 4. The second-order valence-corrected chi connectivity index (χ2v) is 3.92. The Bertz CT molecular complexity index is 393. The predicted octanol–water partition coefficient (Wildman–Crippen LogP) is 1.93. The average Bonchev–Trinajstić information content (AvgIpc) is 2.27. The highest BCUT2D eigenvalue weighted by Gasteiger charge is 2.29. The summed E-state index contributed by atoms with van der Waals surface area (Å²) in [5.74, 6) is 0. The Morgan fingerprint density at radius 3 is 3.12 bits per heavy atom. The van der Waals surface area contributed by atoms with E-state index in [1.807, 2.05) is 6.92 Å². The van der Waals surface area contributed by atoms with Crippen LogP contribution in [0.3, 0.4) is 0 Å². The molecule has 84 valence electrons. The molecule has 1 saturated carbocycles. The minimum atomic E-state index is 0.379. The van der Waals surface area contributed by atoms with Crippen LogP contribution < -0.4 is 5.32 Å². The van der Waals surface area contributed by atoms with Gasteiger partial charge in [-0.3, -0.25) is 4.98 Å². The topological polar surface area (TPSA) is 57.9 Å². The summed E-state index contributed by atoms with van der Waals surface area (Å²) < 4.78 is 5.48. The zero-order valence-electron chi connectivity index (χ0n) is 9.31. The maximum atomic E-state index is 8.92. The van der Waals surface area contributed by atoms with Crippen molar-refractivity contribution in [1.82, 2.24) is 4.98 Å². The maximum Gasteiger partial charge on any atom is 0.101 e.